The number of nitrogens with zero attached hydrogens (tertiary/aromatic N) is 1. The lowest BCUT2D eigenvalue weighted by molar-refractivity contribution is 0.169. The van der Waals surface area contributed by atoms with E-state index >= 15 is 0 Å². The van der Waals surface area contributed by atoms with E-state index in [0.717, 1.165) is 77.8 Å². The van der Waals surface area contributed by atoms with Gasteiger partial charge in [0.15, 0.2) is 0 Å². The van der Waals surface area contributed by atoms with Crippen LogP contribution < -0.4 is 9.47 Å². The van der Waals surface area contributed by atoms with Crippen molar-refractivity contribution in [3.8, 4) is 17.2 Å². The molecule has 3 aromatic carbocycles. The fourth-order valence-corrected chi connectivity index (χ4v) is 5.78. The van der Waals surface area contributed by atoms with Crippen LogP contribution in [-0.4, -0.2) is 49.5 Å². The van der Waals surface area contributed by atoms with Gasteiger partial charge in [-0.3, -0.25) is 4.90 Å². The van der Waals surface area contributed by atoms with Crippen molar-refractivity contribution in [2.24, 2.45) is 5.92 Å². The van der Waals surface area contributed by atoms with Gasteiger partial charge >= 0.3 is 0 Å². The van der Waals surface area contributed by atoms with E-state index in [2.05, 4.69) is 56.0 Å². The second-order valence-electron chi connectivity index (χ2n) is 11.1. The summed E-state index contributed by atoms with van der Waals surface area (Å²) in [6.45, 7) is 10.5. The Morgan fingerprint density at radius 2 is 1.90 bits per heavy atom. The van der Waals surface area contributed by atoms with Crippen LogP contribution in [0.4, 0.5) is 0 Å². The van der Waals surface area contributed by atoms with E-state index in [-0.39, 0.29) is 11.9 Å². The average Bonchev–Trinajstić information content (AvgIpc) is 3.38. The number of allylic oxidation sites excluding steroid dienone is 1. The highest BCUT2D eigenvalue weighted by Crippen LogP contribution is 2.47. The molecule has 3 atom stereocenters. The molecular formula is C34H41NO4. The van der Waals surface area contributed by atoms with E-state index in [9.17, 15) is 5.11 Å². The summed E-state index contributed by atoms with van der Waals surface area (Å²) in [5.74, 6) is 2.77. The maximum atomic E-state index is 10.3. The Hall–Kier alpha value is -3.28. The molecule has 5 heteroatoms. The largest absolute Gasteiger partial charge is 0.508 e. The highest BCUT2D eigenvalue weighted by Gasteiger charge is 2.30. The van der Waals surface area contributed by atoms with Gasteiger partial charge in [0, 0.05) is 37.4 Å². The summed E-state index contributed by atoms with van der Waals surface area (Å²) in [5.41, 5.74) is 6.61. The standard InChI is InChI=1S/C34H41NO4/c1-23-16-17-35(21-23)24(2)22-38-30-13-11-27(12-14-30)34-33(28-8-5-9-29(36)20-28)25(3)31-19-26(7-6-18-37-4)10-15-32(31)39-34/h5,8-15,19-20,23-24,34,36H,6-7,16-18,21-22H2,1-4H3/t23-,24+,34?/m1/s1. The molecule has 5 rings (SSSR count). The molecule has 5 nitrogen and oxygen atoms in total. The normalized spacial score (nSPS) is 20.0. The van der Waals surface area contributed by atoms with Gasteiger partial charge in [-0.05, 0) is 104 Å². The van der Waals surface area contributed by atoms with Crippen molar-refractivity contribution in [3.05, 3.63) is 89.0 Å². The van der Waals surface area contributed by atoms with Crippen LogP contribution in [0.5, 0.6) is 17.2 Å². The molecule has 0 saturated carbocycles. The fraction of sp³-hybridized carbons (Fsp3) is 0.412. The Bertz CT molecular complexity index is 1300. The molecule has 2 aliphatic heterocycles. The van der Waals surface area contributed by atoms with Crippen LogP contribution >= 0.6 is 0 Å². The van der Waals surface area contributed by atoms with Crippen LogP contribution in [0.3, 0.4) is 0 Å². The van der Waals surface area contributed by atoms with Gasteiger partial charge in [0.2, 0.25) is 0 Å². The first-order valence-electron chi connectivity index (χ1n) is 14.2. The SMILES string of the molecule is COCCCc1ccc2c(c1)C(C)=C(c1cccc(O)c1)C(c1ccc(OC[C@H](C)N3CC[C@@H](C)C3)cc1)O2. The summed E-state index contributed by atoms with van der Waals surface area (Å²) in [6, 6.07) is 22.6. The molecule has 3 aromatic rings. The summed E-state index contributed by atoms with van der Waals surface area (Å²) in [5, 5.41) is 10.3. The van der Waals surface area contributed by atoms with Gasteiger partial charge in [0.1, 0.15) is 30.0 Å². The lowest BCUT2D eigenvalue weighted by Gasteiger charge is -2.31. The molecule has 206 valence electrons. The van der Waals surface area contributed by atoms with E-state index in [1.54, 1.807) is 13.2 Å². The lowest BCUT2D eigenvalue weighted by atomic mass is 9.85. The van der Waals surface area contributed by atoms with E-state index in [1.165, 1.54) is 12.0 Å². The number of rotatable bonds is 10. The quantitative estimate of drug-likeness (QED) is 0.284. The first kappa shape index (κ1) is 27.3. The van der Waals surface area contributed by atoms with Gasteiger partial charge in [0.05, 0.1) is 0 Å². The number of aryl methyl sites for hydroxylation is 1. The zero-order valence-corrected chi connectivity index (χ0v) is 23.7. The zero-order valence-electron chi connectivity index (χ0n) is 23.7. The minimum absolute atomic E-state index is 0.246. The molecule has 1 N–H and O–H groups in total. The zero-order chi connectivity index (χ0) is 27.4. The number of phenols is 1. The van der Waals surface area contributed by atoms with Gasteiger partial charge in [-0.15, -0.1) is 0 Å². The topological polar surface area (TPSA) is 51.2 Å². The van der Waals surface area contributed by atoms with Crippen molar-refractivity contribution in [2.75, 3.05) is 33.4 Å². The van der Waals surface area contributed by atoms with Crippen molar-refractivity contribution >= 4 is 11.1 Å². The molecule has 2 aliphatic rings. The number of methoxy groups -OCH3 is 1. The second kappa shape index (κ2) is 12.3. The Morgan fingerprint density at radius 3 is 2.62 bits per heavy atom. The summed E-state index contributed by atoms with van der Waals surface area (Å²) >= 11 is 0. The number of phenolic OH excluding ortho intramolecular Hbond substituents is 1. The summed E-state index contributed by atoms with van der Waals surface area (Å²) in [4.78, 5) is 2.52. The van der Waals surface area contributed by atoms with Gasteiger partial charge in [0.25, 0.3) is 0 Å². The molecule has 0 aromatic heterocycles. The number of benzene rings is 3. The minimum atomic E-state index is -0.294. The Labute approximate surface area is 233 Å². The molecular weight excluding hydrogens is 486 g/mol. The predicted molar refractivity (Wildman–Crippen MR) is 157 cm³/mol. The average molecular weight is 528 g/mol. The molecule has 39 heavy (non-hydrogen) atoms. The third-order valence-electron chi connectivity index (χ3n) is 8.08. The monoisotopic (exact) mass is 527 g/mol. The maximum absolute atomic E-state index is 10.3. The Balaban J connectivity index is 1.40. The molecule has 1 saturated heterocycles. The highest BCUT2D eigenvalue weighted by molar-refractivity contribution is 5.95. The van der Waals surface area contributed by atoms with Gasteiger partial charge in [-0.1, -0.05) is 37.3 Å². The summed E-state index contributed by atoms with van der Waals surface area (Å²) in [7, 11) is 1.74. The number of hydrogen-bond acceptors (Lipinski definition) is 5. The predicted octanol–water partition coefficient (Wildman–Crippen LogP) is 7.14. The van der Waals surface area contributed by atoms with Gasteiger partial charge in [-0.25, -0.2) is 0 Å². The number of fused-ring (bicyclic) bond motifs is 1. The molecule has 1 unspecified atom stereocenters. The summed E-state index contributed by atoms with van der Waals surface area (Å²) < 4.78 is 18.1. The third kappa shape index (κ3) is 6.32. The molecule has 2 heterocycles. The van der Waals surface area contributed by atoms with Crippen molar-refractivity contribution < 1.29 is 19.3 Å². The number of ether oxygens (including phenoxy) is 3. The maximum Gasteiger partial charge on any atom is 0.150 e. The first-order chi connectivity index (χ1) is 18.9. The van der Waals surface area contributed by atoms with Crippen LogP contribution in [0.25, 0.3) is 11.1 Å². The van der Waals surface area contributed by atoms with Crippen LogP contribution in [-0.2, 0) is 11.2 Å². The molecule has 1 fully saturated rings. The van der Waals surface area contributed by atoms with Crippen LogP contribution in [0.15, 0.2) is 66.7 Å². The van der Waals surface area contributed by atoms with Crippen LogP contribution in [0.1, 0.15) is 62.0 Å². The van der Waals surface area contributed by atoms with E-state index < -0.39 is 0 Å². The third-order valence-corrected chi connectivity index (χ3v) is 8.08. The number of likely N-dealkylation sites (tertiary alicyclic amines) is 1. The molecule has 0 bridgehead atoms. The molecule has 0 aliphatic carbocycles. The molecule has 0 amide bonds. The number of aromatic hydroxyl groups is 1. The van der Waals surface area contributed by atoms with Crippen LogP contribution in [0, 0.1) is 5.92 Å². The smallest absolute Gasteiger partial charge is 0.150 e. The lowest BCUT2D eigenvalue weighted by Crippen LogP contribution is -2.35. The van der Waals surface area contributed by atoms with Crippen molar-refractivity contribution in [1.82, 2.24) is 4.90 Å². The van der Waals surface area contributed by atoms with Crippen molar-refractivity contribution in [3.63, 3.8) is 0 Å². The van der Waals surface area contributed by atoms with E-state index in [4.69, 9.17) is 14.2 Å². The molecule has 0 spiro atoms. The first-order valence-corrected chi connectivity index (χ1v) is 14.2. The molecule has 0 radical (unpaired) electrons. The van der Waals surface area contributed by atoms with E-state index in [1.807, 2.05) is 30.3 Å². The highest BCUT2D eigenvalue weighted by atomic mass is 16.5. The Kier molecular flexibility index (Phi) is 8.59. The summed E-state index contributed by atoms with van der Waals surface area (Å²) in [6.07, 6.45) is 2.91. The van der Waals surface area contributed by atoms with E-state index in [0.29, 0.717) is 12.6 Å². The van der Waals surface area contributed by atoms with Crippen molar-refractivity contribution in [2.45, 2.75) is 52.2 Å². The number of hydrogen-bond donors (Lipinski definition) is 1. The minimum Gasteiger partial charge on any atom is -0.508 e. The second-order valence-corrected chi connectivity index (χ2v) is 11.1. The van der Waals surface area contributed by atoms with Gasteiger partial charge < -0.3 is 19.3 Å². The van der Waals surface area contributed by atoms with Crippen molar-refractivity contribution in [1.29, 1.82) is 0 Å². The van der Waals surface area contributed by atoms with Gasteiger partial charge in [-0.2, -0.15) is 0 Å². The van der Waals surface area contributed by atoms with Crippen LogP contribution in [0.2, 0.25) is 0 Å². The fourth-order valence-electron chi connectivity index (χ4n) is 5.78. The Morgan fingerprint density at radius 1 is 1.08 bits per heavy atom.